The van der Waals surface area contributed by atoms with Crippen LogP contribution in [0, 0.1) is 6.92 Å². The van der Waals surface area contributed by atoms with Crippen molar-refractivity contribution in [2.75, 3.05) is 7.05 Å². The van der Waals surface area contributed by atoms with Crippen LogP contribution >= 0.6 is 0 Å². The Hall–Kier alpha value is -3.15. The summed E-state index contributed by atoms with van der Waals surface area (Å²) in [6.07, 6.45) is 1.81. The van der Waals surface area contributed by atoms with Gasteiger partial charge in [0.1, 0.15) is 5.69 Å². The van der Waals surface area contributed by atoms with Crippen molar-refractivity contribution < 1.29 is 14.7 Å². The summed E-state index contributed by atoms with van der Waals surface area (Å²) in [6, 6.07) is 9.03. The molecule has 0 aliphatic rings. The number of rotatable bonds is 3. The van der Waals surface area contributed by atoms with Crippen LogP contribution in [0.2, 0.25) is 0 Å². The minimum atomic E-state index is -1.09. The minimum absolute atomic E-state index is 0.0705. The highest BCUT2D eigenvalue weighted by Gasteiger charge is 2.20. The Balaban J connectivity index is 2.31. The first-order valence-electron chi connectivity index (χ1n) is 7.06. The van der Waals surface area contributed by atoms with Gasteiger partial charge >= 0.3 is 5.97 Å². The molecule has 0 spiro atoms. The highest BCUT2D eigenvalue weighted by Crippen LogP contribution is 2.29. The van der Waals surface area contributed by atoms with Crippen molar-refractivity contribution in [2.45, 2.75) is 6.92 Å². The zero-order valence-corrected chi connectivity index (χ0v) is 12.7. The molecule has 0 saturated heterocycles. The fourth-order valence-corrected chi connectivity index (χ4v) is 2.62. The Kier molecular flexibility index (Phi) is 3.57. The van der Waals surface area contributed by atoms with Gasteiger partial charge in [0.2, 0.25) is 0 Å². The molecule has 0 radical (unpaired) electrons. The number of nitrogens with one attached hydrogen (secondary N) is 2. The number of carbonyl (C=O) groups is 2. The number of carboxylic acids is 1. The van der Waals surface area contributed by atoms with Gasteiger partial charge in [0, 0.05) is 29.7 Å². The lowest BCUT2D eigenvalue weighted by atomic mass is 10.0. The normalized spacial score (nSPS) is 10.7. The van der Waals surface area contributed by atoms with E-state index in [2.05, 4.69) is 15.3 Å². The molecule has 0 unspecified atom stereocenters. The predicted molar refractivity (Wildman–Crippen MR) is 86.6 cm³/mol. The van der Waals surface area contributed by atoms with E-state index in [1.807, 2.05) is 24.3 Å². The fraction of sp³-hybridized carbons (Fsp3) is 0.118. The molecule has 0 bridgehead atoms. The Labute approximate surface area is 132 Å². The van der Waals surface area contributed by atoms with Crippen LogP contribution in [0.5, 0.6) is 0 Å². The molecule has 1 aromatic carbocycles. The lowest BCUT2D eigenvalue weighted by molar-refractivity contribution is 0.0696. The zero-order valence-electron chi connectivity index (χ0n) is 12.7. The topological polar surface area (TPSA) is 95.1 Å². The van der Waals surface area contributed by atoms with Crippen LogP contribution in [0.25, 0.3) is 22.2 Å². The highest BCUT2D eigenvalue weighted by atomic mass is 16.4. The van der Waals surface area contributed by atoms with Gasteiger partial charge < -0.3 is 15.4 Å². The van der Waals surface area contributed by atoms with Crippen molar-refractivity contribution >= 4 is 22.8 Å². The molecule has 2 heterocycles. The molecule has 0 fully saturated rings. The average molecular weight is 309 g/mol. The molecule has 0 aliphatic heterocycles. The van der Waals surface area contributed by atoms with Crippen LogP contribution in [0.1, 0.15) is 26.4 Å². The summed E-state index contributed by atoms with van der Waals surface area (Å²) < 4.78 is 0. The first kappa shape index (κ1) is 14.8. The number of pyridine rings is 1. The number of H-pyrrole nitrogens is 1. The number of hydrogen-bond acceptors (Lipinski definition) is 3. The van der Waals surface area contributed by atoms with Gasteiger partial charge in [-0.25, -0.2) is 9.78 Å². The van der Waals surface area contributed by atoms with Crippen LogP contribution in [0.15, 0.2) is 36.5 Å². The highest BCUT2D eigenvalue weighted by molar-refractivity contribution is 6.01. The van der Waals surface area contributed by atoms with Crippen LogP contribution in [0.4, 0.5) is 0 Å². The number of carboxylic acid groups (broad SMARTS) is 1. The van der Waals surface area contributed by atoms with Gasteiger partial charge in [-0.05, 0) is 30.7 Å². The fourth-order valence-electron chi connectivity index (χ4n) is 2.62. The third-order valence-electron chi connectivity index (χ3n) is 3.82. The van der Waals surface area contributed by atoms with E-state index in [1.165, 1.54) is 13.1 Å². The largest absolute Gasteiger partial charge is 0.478 e. The molecule has 3 rings (SSSR count). The van der Waals surface area contributed by atoms with E-state index in [9.17, 15) is 14.7 Å². The van der Waals surface area contributed by atoms with Crippen LogP contribution in [-0.2, 0) is 0 Å². The summed E-state index contributed by atoms with van der Waals surface area (Å²) in [6.45, 7) is 1.59. The quantitative estimate of drug-likeness (QED) is 0.693. The standard InChI is InChI=1S/C17H15N3O3/c1-9-12(17(22)23)8-14(20-15(9)16(21)18-2)10-4-3-5-13-11(10)6-7-19-13/h3-8,19H,1-2H3,(H,18,21)(H,22,23). The number of hydrogen-bond donors (Lipinski definition) is 3. The molecular weight excluding hydrogens is 294 g/mol. The third kappa shape index (κ3) is 2.44. The van der Waals surface area contributed by atoms with Crippen LogP contribution in [0.3, 0.4) is 0 Å². The molecule has 2 aromatic heterocycles. The summed E-state index contributed by atoms with van der Waals surface area (Å²) in [7, 11) is 1.49. The molecule has 0 saturated carbocycles. The van der Waals surface area contributed by atoms with E-state index in [4.69, 9.17) is 0 Å². The van der Waals surface area contributed by atoms with Crippen molar-refractivity contribution in [3.63, 3.8) is 0 Å². The molecule has 0 atom stereocenters. The summed E-state index contributed by atoms with van der Waals surface area (Å²) in [5, 5.41) is 12.8. The van der Waals surface area contributed by atoms with Gasteiger partial charge in [0.15, 0.2) is 0 Å². The SMILES string of the molecule is CNC(=O)c1nc(-c2cccc3[nH]ccc23)cc(C(=O)O)c1C. The maximum atomic E-state index is 12.0. The average Bonchev–Trinajstić information content (AvgIpc) is 3.02. The van der Waals surface area contributed by atoms with Gasteiger partial charge in [-0.2, -0.15) is 0 Å². The lowest BCUT2D eigenvalue weighted by Gasteiger charge is -2.11. The van der Waals surface area contributed by atoms with Gasteiger partial charge in [0.05, 0.1) is 11.3 Å². The number of aromatic nitrogens is 2. The maximum Gasteiger partial charge on any atom is 0.336 e. The maximum absolute atomic E-state index is 12.0. The Bertz CT molecular complexity index is 928. The summed E-state index contributed by atoms with van der Waals surface area (Å²) in [4.78, 5) is 31.1. The van der Waals surface area contributed by atoms with E-state index in [1.54, 1.807) is 13.1 Å². The predicted octanol–water partition coefficient (Wildman–Crippen LogP) is 2.60. The monoisotopic (exact) mass is 309 g/mol. The second-order valence-corrected chi connectivity index (χ2v) is 5.16. The van der Waals surface area contributed by atoms with E-state index < -0.39 is 11.9 Å². The zero-order chi connectivity index (χ0) is 16.6. The number of amides is 1. The van der Waals surface area contributed by atoms with Crippen molar-refractivity contribution in [2.24, 2.45) is 0 Å². The van der Waals surface area contributed by atoms with Crippen molar-refractivity contribution in [1.82, 2.24) is 15.3 Å². The van der Waals surface area contributed by atoms with E-state index in [-0.39, 0.29) is 11.3 Å². The number of aromatic amines is 1. The summed E-state index contributed by atoms with van der Waals surface area (Å²) in [5.74, 6) is -1.49. The summed E-state index contributed by atoms with van der Waals surface area (Å²) in [5.41, 5.74) is 2.69. The number of aromatic carboxylic acids is 1. The molecule has 3 N–H and O–H groups in total. The Morgan fingerprint density at radius 3 is 2.74 bits per heavy atom. The second-order valence-electron chi connectivity index (χ2n) is 5.16. The molecule has 6 nitrogen and oxygen atoms in total. The second kappa shape index (κ2) is 5.57. The number of fused-ring (bicyclic) bond motifs is 1. The summed E-state index contributed by atoms with van der Waals surface area (Å²) >= 11 is 0. The number of carbonyl (C=O) groups excluding carboxylic acids is 1. The number of nitrogens with zero attached hydrogens (tertiary/aromatic N) is 1. The molecule has 23 heavy (non-hydrogen) atoms. The molecule has 0 aliphatic carbocycles. The van der Waals surface area contributed by atoms with E-state index in [0.717, 1.165) is 16.5 Å². The van der Waals surface area contributed by atoms with Gasteiger partial charge in [-0.3, -0.25) is 4.79 Å². The first-order chi connectivity index (χ1) is 11.0. The van der Waals surface area contributed by atoms with E-state index in [0.29, 0.717) is 11.3 Å². The van der Waals surface area contributed by atoms with E-state index >= 15 is 0 Å². The van der Waals surface area contributed by atoms with Crippen molar-refractivity contribution in [1.29, 1.82) is 0 Å². The van der Waals surface area contributed by atoms with Gasteiger partial charge in [-0.15, -0.1) is 0 Å². The Morgan fingerprint density at radius 2 is 2.04 bits per heavy atom. The smallest absolute Gasteiger partial charge is 0.336 e. The molecule has 6 heteroatoms. The van der Waals surface area contributed by atoms with Crippen LogP contribution < -0.4 is 5.32 Å². The lowest BCUT2D eigenvalue weighted by Crippen LogP contribution is -2.22. The molecule has 1 amide bonds. The third-order valence-corrected chi connectivity index (χ3v) is 3.82. The van der Waals surface area contributed by atoms with Crippen molar-refractivity contribution in [3.05, 3.63) is 53.3 Å². The van der Waals surface area contributed by atoms with Gasteiger partial charge in [-0.1, -0.05) is 12.1 Å². The molecule has 3 aromatic rings. The Morgan fingerprint density at radius 1 is 1.26 bits per heavy atom. The van der Waals surface area contributed by atoms with Crippen LogP contribution in [-0.4, -0.2) is 34.0 Å². The van der Waals surface area contributed by atoms with Gasteiger partial charge in [0.25, 0.3) is 5.91 Å². The van der Waals surface area contributed by atoms with Crippen molar-refractivity contribution in [3.8, 4) is 11.3 Å². The minimum Gasteiger partial charge on any atom is -0.478 e. The first-order valence-corrected chi connectivity index (χ1v) is 7.06. The molecule has 116 valence electrons. The molecular formula is C17H15N3O3. The number of benzene rings is 1.